The number of carbonyl (C=O) groups is 1. The maximum atomic E-state index is 10.9. The van der Waals surface area contributed by atoms with Gasteiger partial charge in [-0.3, -0.25) is 14.9 Å². The summed E-state index contributed by atoms with van der Waals surface area (Å²) in [6.45, 7) is 3.03. The molecule has 7 heteroatoms. The number of carboxylic acids is 1. The average Bonchev–Trinajstić information content (AvgIpc) is 2.40. The van der Waals surface area contributed by atoms with E-state index in [4.69, 9.17) is 16.7 Å². The van der Waals surface area contributed by atoms with Gasteiger partial charge >= 0.3 is 5.97 Å². The lowest BCUT2D eigenvalue weighted by atomic mass is 9.96. The second-order valence-electron chi connectivity index (χ2n) is 4.95. The van der Waals surface area contributed by atoms with Crippen LogP contribution in [0.4, 0.5) is 11.4 Å². The van der Waals surface area contributed by atoms with Crippen LogP contribution in [0.5, 0.6) is 0 Å². The number of hydrogen-bond donors (Lipinski definition) is 1. The number of nitro benzene ring substituents is 1. The standard InChI is InChI=1S/C13H15ClN2O4/c1-8-6-12(16(19)20)10(14)7-11(8)15-4-2-9(3-5-15)13(17)18/h6-7,9H,2-5H2,1H3,(H,17,18). The Kier molecular flexibility index (Phi) is 4.13. The number of aryl methyl sites for hydroxylation is 1. The molecule has 6 nitrogen and oxygen atoms in total. The van der Waals surface area contributed by atoms with E-state index >= 15 is 0 Å². The largest absolute Gasteiger partial charge is 0.481 e. The van der Waals surface area contributed by atoms with Crippen LogP contribution in [0.2, 0.25) is 5.02 Å². The lowest BCUT2D eigenvalue weighted by Gasteiger charge is -2.33. The maximum absolute atomic E-state index is 10.9. The predicted molar refractivity (Wildman–Crippen MR) is 75.4 cm³/mol. The van der Waals surface area contributed by atoms with E-state index in [-0.39, 0.29) is 16.6 Å². The molecule has 0 aliphatic carbocycles. The summed E-state index contributed by atoms with van der Waals surface area (Å²) in [5.41, 5.74) is 1.51. The number of halogens is 1. The number of nitro groups is 1. The highest BCUT2D eigenvalue weighted by atomic mass is 35.5. The molecule has 1 fully saturated rings. The monoisotopic (exact) mass is 298 g/mol. The number of nitrogens with zero attached hydrogens (tertiary/aromatic N) is 2. The molecule has 20 heavy (non-hydrogen) atoms. The molecule has 0 amide bonds. The topological polar surface area (TPSA) is 83.7 Å². The summed E-state index contributed by atoms with van der Waals surface area (Å²) >= 11 is 5.93. The van der Waals surface area contributed by atoms with Crippen molar-refractivity contribution in [3.63, 3.8) is 0 Å². The van der Waals surface area contributed by atoms with Gasteiger partial charge in [0.2, 0.25) is 0 Å². The molecule has 1 aromatic rings. The fourth-order valence-corrected chi connectivity index (χ4v) is 2.73. The Morgan fingerprint density at radius 1 is 1.45 bits per heavy atom. The third-order valence-electron chi connectivity index (χ3n) is 3.65. The highest BCUT2D eigenvalue weighted by Gasteiger charge is 2.26. The van der Waals surface area contributed by atoms with Crippen molar-refractivity contribution in [2.45, 2.75) is 19.8 Å². The third-order valence-corrected chi connectivity index (χ3v) is 3.95. The Bertz CT molecular complexity index is 554. The van der Waals surface area contributed by atoms with E-state index in [1.165, 1.54) is 6.07 Å². The van der Waals surface area contributed by atoms with E-state index in [0.717, 1.165) is 11.3 Å². The van der Waals surface area contributed by atoms with E-state index in [0.29, 0.717) is 25.9 Å². The fourth-order valence-electron chi connectivity index (χ4n) is 2.50. The molecule has 0 aromatic heterocycles. The Morgan fingerprint density at radius 2 is 2.05 bits per heavy atom. The molecule has 1 saturated heterocycles. The Morgan fingerprint density at radius 3 is 2.55 bits per heavy atom. The van der Waals surface area contributed by atoms with Crippen molar-refractivity contribution in [3.8, 4) is 0 Å². The highest BCUT2D eigenvalue weighted by Crippen LogP contribution is 2.34. The zero-order valence-corrected chi connectivity index (χ0v) is 11.8. The van der Waals surface area contributed by atoms with Crippen molar-refractivity contribution in [1.29, 1.82) is 0 Å². The first-order chi connectivity index (χ1) is 9.40. The van der Waals surface area contributed by atoms with Crippen molar-refractivity contribution in [3.05, 3.63) is 32.8 Å². The molecule has 1 aliphatic heterocycles. The van der Waals surface area contributed by atoms with E-state index < -0.39 is 10.9 Å². The van der Waals surface area contributed by atoms with Gasteiger partial charge in [0, 0.05) is 24.8 Å². The number of carboxylic acid groups (broad SMARTS) is 1. The number of aliphatic carboxylic acids is 1. The molecule has 0 bridgehead atoms. The van der Waals surface area contributed by atoms with Crippen molar-refractivity contribution in [2.24, 2.45) is 5.92 Å². The number of anilines is 1. The minimum Gasteiger partial charge on any atom is -0.481 e. The van der Waals surface area contributed by atoms with Gasteiger partial charge in [-0.25, -0.2) is 0 Å². The minimum atomic E-state index is -0.761. The Balaban J connectivity index is 2.20. The maximum Gasteiger partial charge on any atom is 0.306 e. The van der Waals surface area contributed by atoms with Gasteiger partial charge in [-0.2, -0.15) is 0 Å². The van der Waals surface area contributed by atoms with Crippen molar-refractivity contribution in [2.75, 3.05) is 18.0 Å². The SMILES string of the molecule is Cc1cc([N+](=O)[O-])c(Cl)cc1N1CCC(C(=O)O)CC1. The first-order valence-corrected chi connectivity index (χ1v) is 6.70. The smallest absolute Gasteiger partial charge is 0.306 e. The zero-order chi connectivity index (χ0) is 14.9. The average molecular weight is 299 g/mol. The summed E-state index contributed by atoms with van der Waals surface area (Å²) in [5.74, 6) is -1.07. The van der Waals surface area contributed by atoms with Gasteiger partial charge < -0.3 is 10.0 Å². The van der Waals surface area contributed by atoms with Crippen molar-refractivity contribution in [1.82, 2.24) is 0 Å². The van der Waals surface area contributed by atoms with E-state index in [9.17, 15) is 14.9 Å². The molecule has 0 radical (unpaired) electrons. The first-order valence-electron chi connectivity index (χ1n) is 6.32. The summed E-state index contributed by atoms with van der Waals surface area (Å²) in [6.07, 6.45) is 1.15. The highest BCUT2D eigenvalue weighted by molar-refractivity contribution is 6.33. The van der Waals surface area contributed by atoms with Gasteiger partial charge in [-0.15, -0.1) is 0 Å². The van der Waals surface area contributed by atoms with Gasteiger partial charge in [0.15, 0.2) is 0 Å². The second-order valence-corrected chi connectivity index (χ2v) is 5.35. The van der Waals surface area contributed by atoms with Crippen LogP contribution in [0, 0.1) is 23.0 Å². The summed E-state index contributed by atoms with van der Waals surface area (Å²) in [6, 6.07) is 3.05. The van der Waals surface area contributed by atoms with Crippen LogP contribution in [-0.4, -0.2) is 29.1 Å². The molecule has 108 valence electrons. The van der Waals surface area contributed by atoms with E-state index in [2.05, 4.69) is 0 Å². The number of benzene rings is 1. The molecular formula is C13H15ClN2O4. The van der Waals surface area contributed by atoms with Crippen LogP contribution >= 0.6 is 11.6 Å². The molecule has 1 heterocycles. The van der Waals surface area contributed by atoms with Gasteiger partial charge in [0.1, 0.15) is 5.02 Å². The van der Waals surface area contributed by atoms with Crippen molar-refractivity contribution >= 4 is 28.9 Å². The van der Waals surface area contributed by atoms with Gasteiger partial charge in [0.05, 0.1) is 10.8 Å². The van der Waals surface area contributed by atoms with E-state index in [1.807, 2.05) is 4.90 Å². The van der Waals surface area contributed by atoms with Gasteiger partial charge in [0.25, 0.3) is 5.69 Å². The predicted octanol–water partition coefficient (Wildman–Crippen LogP) is 2.86. The third kappa shape index (κ3) is 2.85. The summed E-state index contributed by atoms with van der Waals surface area (Å²) in [4.78, 5) is 23.3. The summed E-state index contributed by atoms with van der Waals surface area (Å²) in [7, 11) is 0. The lowest BCUT2D eigenvalue weighted by molar-refractivity contribution is -0.384. The first kappa shape index (κ1) is 14.6. The molecular weight excluding hydrogens is 284 g/mol. The molecule has 0 saturated carbocycles. The van der Waals surface area contributed by atoms with Crippen LogP contribution in [0.3, 0.4) is 0 Å². The normalized spacial score (nSPS) is 16.2. The zero-order valence-electron chi connectivity index (χ0n) is 11.0. The molecule has 1 aromatic carbocycles. The number of hydrogen-bond acceptors (Lipinski definition) is 4. The summed E-state index contributed by atoms with van der Waals surface area (Å²) < 4.78 is 0. The minimum absolute atomic E-state index is 0.103. The van der Waals surface area contributed by atoms with Gasteiger partial charge in [-0.05, 0) is 31.4 Å². The Hall–Kier alpha value is -1.82. The van der Waals surface area contributed by atoms with Crippen LogP contribution < -0.4 is 4.90 Å². The Labute approximate surface area is 121 Å². The van der Waals surface area contributed by atoms with Gasteiger partial charge in [-0.1, -0.05) is 11.6 Å². The van der Waals surface area contributed by atoms with E-state index in [1.54, 1.807) is 13.0 Å². The second kappa shape index (κ2) is 5.66. The number of piperidine rings is 1. The molecule has 0 atom stereocenters. The van der Waals surface area contributed by atoms with Crippen molar-refractivity contribution < 1.29 is 14.8 Å². The fraction of sp³-hybridized carbons (Fsp3) is 0.462. The summed E-state index contributed by atoms with van der Waals surface area (Å²) in [5, 5.41) is 19.9. The molecule has 2 rings (SSSR count). The van der Waals surface area contributed by atoms with Crippen LogP contribution in [0.25, 0.3) is 0 Å². The molecule has 0 spiro atoms. The quantitative estimate of drug-likeness (QED) is 0.685. The lowest BCUT2D eigenvalue weighted by Crippen LogP contribution is -2.36. The van der Waals surface area contributed by atoms with Crippen LogP contribution in [-0.2, 0) is 4.79 Å². The van der Waals surface area contributed by atoms with Crippen LogP contribution in [0.15, 0.2) is 12.1 Å². The molecule has 0 unspecified atom stereocenters. The molecule has 1 N–H and O–H groups in total. The number of rotatable bonds is 3. The molecule has 1 aliphatic rings. The van der Waals surface area contributed by atoms with Crippen LogP contribution in [0.1, 0.15) is 18.4 Å².